The number of nitrogens with zero attached hydrogens (tertiary/aromatic N) is 2. The van der Waals surface area contributed by atoms with Gasteiger partial charge in [-0.15, -0.1) is 0 Å². The van der Waals surface area contributed by atoms with Crippen LogP contribution in [0.15, 0.2) is 54.6 Å². The molecule has 1 atom stereocenters. The molecule has 3 amide bonds. The molecule has 1 heterocycles. The summed E-state index contributed by atoms with van der Waals surface area (Å²) >= 11 is 0. The van der Waals surface area contributed by atoms with Gasteiger partial charge in [0.15, 0.2) is 5.54 Å². The predicted octanol–water partition coefficient (Wildman–Crippen LogP) is 2.46. The zero-order chi connectivity index (χ0) is 16.6. The predicted molar refractivity (Wildman–Crippen MR) is 86.1 cm³/mol. The van der Waals surface area contributed by atoms with Crippen LogP contribution in [0.1, 0.15) is 11.1 Å². The third kappa shape index (κ3) is 2.00. The Morgan fingerprint density at radius 3 is 1.91 bits per heavy atom. The van der Waals surface area contributed by atoms with Crippen LogP contribution < -0.4 is 4.74 Å². The number of benzene rings is 2. The molecule has 2 aromatic rings. The van der Waals surface area contributed by atoms with Gasteiger partial charge in [-0.05, 0) is 23.3 Å². The van der Waals surface area contributed by atoms with Crippen LogP contribution in [-0.2, 0) is 10.3 Å². The van der Waals surface area contributed by atoms with Crippen molar-refractivity contribution in [2.45, 2.75) is 5.54 Å². The van der Waals surface area contributed by atoms with Crippen molar-refractivity contribution < 1.29 is 14.3 Å². The summed E-state index contributed by atoms with van der Waals surface area (Å²) < 4.78 is 5.19. The van der Waals surface area contributed by atoms with Crippen LogP contribution in [0.5, 0.6) is 5.75 Å². The van der Waals surface area contributed by atoms with E-state index in [2.05, 4.69) is 0 Å². The molecule has 1 aliphatic rings. The van der Waals surface area contributed by atoms with Crippen molar-refractivity contribution in [3.05, 3.63) is 65.7 Å². The Balaban J connectivity index is 2.26. The van der Waals surface area contributed by atoms with Gasteiger partial charge in [0.05, 0.1) is 7.11 Å². The number of ether oxygens (including phenoxy) is 1. The molecule has 5 heteroatoms. The topological polar surface area (TPSA) is 49.9 Å². The maximum absolute atomic E-state index is 13.0. The molecule has 0 saturated carbocycles. The van der Waals surface area contributed by atoms with Crippen LogP contribution in [0.25, 0.3) is 0 Å². The van der Waals surface area contributed by atoms with E-state index in [4.69, 9.17) is 4.74 Å². The van der Waals surface area contributed by atoms with Gasteiger partial charge in [-0.3, -0.25) is 9.69 Å². The Morgan fingerprint density at radius 1 is 0.870 bits per heavy atom. The first-order valence-corrected chi connectivity index (χ1v) is 7.29. The molecule has 118 valence electrons. The number of methoxy groups -OCH3 is 1. The van der Waals surface area contributed by atoms with Crippen LogP contribution in [0.4, 0.5) is 4.79 Å². The zero-order valence-corrected chi connectivity index (χ0v) is 13.3. The number of likely N-dealkylation sites (N-methyl/N-ethyl adjacent to an activating group) is 2. The van der Waals surface area contributed by atoms with E-state index in [0.717, 1.165) is 16.0 Å². The Kier molecular flexibility index (Phi) is 3.56. The lowest BCUT2D eigenvalue weighted by molar-refractivity contribution is -0.130. The van der Waals surface area contributed by atoms with Crippen molar-refractivity contribution in [1.82, 2.24) is 9.80 Å². The fraction of sp³-hybridized carbons (Fsp3) is 0.222. The second-order valence-corrected chi connectivity index (χ2v) is 5.51. The number of rotatable bonds is 3. The van der Waals surface area contributed by atoms with E-state index in [1.165, 1.54) is 11.9 Å². The van der Waals surface area contributed by atoms with Crippen LogP contribution in [0.2, 0.25) is 0 Å². The highest BCUT2D eigenvalue weighted by atomic mass is 16.5. The Bertz CT molecular complexity index is 743. The van der Waals surface area contributed by atoms with Crippen molar-refractivity contribution in [2.75, 3.05) is 21.2 Å². The highest BCUT2D eigenvalue weighted by Gasteiger charge is 2.56. The second kappa shape index (κ2) is 5.43. The fourth-order valence-corrected chi connectivity index (χ4v) is 3.15. The molecule has 5 nitrogen and oxygen atoms in total. The quantitative estimate of drug-likeness (QED) is 0.818. The van der Waals surface area contributed by atoms with Gasteiger partial charge in [-0.1, -0.05) is 42.5 Å². The van der Waals surface area contributed by atoms with E-state index in [1.807, 2.05) is 42.5 Å². The molecule has 23 heavy (non-hydrogen) atoms. The Hall–Kier alpha value is -2.82. The van der Waals surface area contributed by atoms with E-state index in [1.54, 1.807) is 26.3 Å². The largest absolute Gasteiger partial charge is 0.497 e. The van der Waals surface area contributed by atoms with Gasteiger partial charge in [0, 0.05) is 14.1 Å². The number of carbonyl (C=O) groups excluding carboxylic acids is 2. The minimum absolute atomic E-state index is 0.263. The van der Waals surface area contributed by atoms with E-state index in [-0.39, 0.29) is 11.9 Å². The third-order valence-electron chi connectivity index (χ3n) is 4.39. The molecular weight excluding hydrogens is 292 g/mol. The highest BCUT2D eigenvalue weighted by Crippen LogP contribution is 2.42. The summed E-state index contributed by atoms with van der Waals surface area (Å²) in [7, 11) is 4.75. The number of urea groups is 1. The minimum atomic E-state index is -1.15. The van der Waals surface area contributed by atoms with Crippen molar-refractivity contribution in [2.24, 2.45) is 0 Å². The third-order valence-corrected chi connectivity index (χ3v) is 4.39. The number of hydrogen-bond acceptors (Lipinski definition) is 3. The SMILES string of the molecule is COc1ccc(C2(c3ccccc3)C(=O)N(C)C(=O)N2C)cc1. The maximum atomic E-state index is 13.0. The summed E-state index contributed by atoms with van der Waals surface area (Å²) in [5.41, 5.74) is 0.337. The summed E-state index contributed by atoms with van der Waals surface area (Å²) in [6.45, 7) is 0. The van der Waals surface area contributed by atoms with E-state index in [9.17, 15) is 9.59 Å². The second-order valence-electron chi connectivity index (χ2n) is 5.51. The summed E-state index contributed by atoms with van der Waals surface area (Å²) in [4.78, 5) is 28.1. The van der Waals surface area contributed by atoms with Gasteiger partial charge >= 0.3 is 6.03 Å². The highest BCUT2D eigenvalue weighted by molar-refractivity contribution is 6.09. The number of amides is 3. The lowest BCUT2D eigenvalue weighted by Crippen LogP contribution is -2.45. The summed E-state index contributed by atoms with van der Waals surface area (Å²) in [6, 6.07) is 16.3. The van der Waals surface area contributed by atoms with E-state index in [0.29, 0.717) is 5.75 Å². The van der Waals surface area contributed by atoms with Gasteiger partial charge < -0.3 is 9.64 Å². The Labute approximate surface area is 135 Å². The smallest absolute Gasteiger partial charge is 0.327 e. The van der Waals surface area contributed by atoms with Crippen molar-refractivity contribution in [3.8, 4) is 5.75 Å². The lowest BCUT2D eigenvalue weighted by Gasteiger charge is -2.33. The molecule has 0 aromatic heterocycles. The van der Waals surface area contributed by atoms with Crippen molar-refractivity contribution >= 4 is 11.9 Å². The molecule has 0 spiro atoms. The summed E-state index contributed by atoms with van der Waals surface area (Å²) in [6.07, 6.45) is 0. The van der Waals surface area contributed by atoms with Gasteiger partial charge in [0.25, 0.3) is 5.91 Å². The van der Waals surface area contributed by atoms with Gasteiger partial charge in [-0.2, -0.15) is 0 Å². The molecule has 1 unspecified atom stereocenters. The molecule has 1 saturated heterocycles. The molecule has 0 aliphatic carbocycles. The first-order chi connectivity index (χ1) is 11.0. The molecular formula is C18H18N2O3. The van der Waals surface area contributed by atoms with Crippen LogP contribution in [0.3, 0.4) is 0 Å². The number of carbonyl (C=O) groups is 2. The standard InChI is InChI=1S/C18H18N2O3/c1-19-16(21)18(20(2)17(19)22,13-7-5-4-6-8-13)14-9-11-15(23-3)12-10-14/h4-12H,1-3H3. The monoisotopic (exact) mass is 310 g/mol. The first kappa shape index (κ1) is 15.1. The van der Waals surface area contributed by atoms with Crippen LogP contribution in [0, 0.1) is 0 Å². The van der Waals surface area contributed by atoms with Crippen molar-refractivity contribution in [1.29, 1.82) is 0 Å². The van der Waals surface area contributed by atoms with E-state index >= 15 is 0 Å². The molecule has 0 bridgehead atoms. The average Bonchev–Trinajstić information content (AvgIpc) is 2.78. The maximum Gasteiger partial charge on any atom is 0.327 e. The molecule has 0 radical (unpaired) electrons. The summed E-state index contributed by atoms with van der Waals surface area (Å²) in [5.74, 6) is 0.436. The van der Waals surface area contributed by atoms with Crippen LogP contribution in [-0.4, -0.2) is 42.9 Å². The van der Waals surface area contributed by atoms with Gasteiger partial charge in [0.2, 0.25) is 0 Å². The lowest BCUT2D eigenvalue weighted by atomic mass is 9.81. The number of hydrogen-bond donors (Lipinski definition) is 0. The van der Waals surface area contributed by atoms with Gasteiger partial charge in [0.1, 0.15) is 5.75 Å². The molecule has 1 fully saturated rings. The van der Waals surface area contributed by atoms with Gasteiger partial charge in [-0.25, -0.2) is 4.79 Å². The summed E-state index contributed by atoms with van der Waals surface area (Å²) in [5, 5.41) is 0. The van der Waals surface area contributed by atoms with Crippen molar-refractivity contribution in [3.63, 3.8) is 0 Å². The first-order valence-electron chi connectivity index (χ1n) is 7.29. The fourth-order valence-electron chi connectivity index (χ4n) is 3.15. The molecule has 0 N–H and O–H groups in total. The zero-order valence-electron chi connectivity index (χ0n) is 13.3. The van der Waals surface area contributed by atoms with E-state index < -0.39 is 5.54 Å². The molecule has 3 rings (SSSR count). The average molecular weight is 310 g/mol. The molecule has 1 aliphatic heterocycles. The number of imide groups is 1. The molecule has 2 aromatic carbocycles. The van der Waals surface area contributed by atoms with Crippen LogP contribution >= 0.6 is 0 Å². The minimum Gasteiger partial charge on any atom is -0.497 e. The normalized spacial score (nSPS) is 21.0. The Morgan fingerprint density at radius 2 is 1.43 bits per heavy atom.